The van der Waals surface area contributed by atoms with Crippen LogP contribution in [0.15, 0.2) is 53.4 Å². The molecule has 2 heterocycles. The van der Waals surface area contributed by atoms with Crippen molar-refractivity contribution in [2.45, 2.75) is 17.7 Å². The van der Waals surface area contributed by atoms with Crippen molar-refractivity contribution in [1.82, 2.24) is 9.21 Å². The Morgan fingerprint density at radius 2 is 1.65 bits per heavy atom. The number of piperidine rings is 1. The number of ether oxygens (including phenoxy) is 1. The molecule has 0 spiro atoms. The smallest absolute Gasteiger partial charge is 0.309 e. The quantitative estimate of drug-likeness (QED) is 0.485. The van der Waals surface area contributed by atoms with Crippen LogP contribution in [0.5, 0.6) is 0 Å². The molecule has 2 aliphatic rings. The SMILES string of the molecule is CN1C(=O)c2ccc(NC(=O)COC(=O)C3CCN(S(=O)(=O)c4ccccc4)CC3)cc2C1=O. The van der Waals surface area contributed by atoms with Gasteiger partial charge < -0.3 is 10.1 Å². The summed E-state index contributed by atoms with van der Waals surface area (Å²) in [5.41, 5.74) is 0.757. The Labute approximate surface area is 196 Å². The van der Waals surface area contributed by atoms with Crippen LogP contribution in [0.4, 0.5) is 5.69 Å². The van der Waals surface area contributed by atoms with E-state index in [0.717, 1.165) is 4.90 Å². The summed E-state index contributed by atoms with van der Waals surface area (Å²) in [4.78, 5) is 49.8. The fourth-order valence-electron chi connectivity index (χ4n) is 3.96. The largest absolute Gasteiger partial charge is 0.455 e. The number of nitrogens with one attached hydrogen (secondary N) is 1. The van der Waals surface area contributed by atoms with Crippen LogP contribution in [-0.2, 0) is 24.3 Å². The first-order chi connectivity index (χ1) is 16.2. The Morgan fingerprint density at radius 3 is 2.32 bits per heavy atom. The molecule has 10 nitrogen and oxygen atoms in total. The molecule has 178 valence electrons. The maximum absolute atomic E-state index is 12.7. The first-order valence-electron chi connectivity index (χ1n) is 10.7. The summed E-state index contributed by atoms with van der Waals surface area (Å²) in [5, 5.41) is 2.54. The summed E-state index contributed by atoms with van der Waals surface area (Å²) >= 11 is 0. The highest BCUT2D eigenvalue weighted by atomic mass is 32.2. The number of esters is 1. The highest BCUT2D eigenvalue weighted by Gasteiger charge is 2.34. The van der Waals surface area contributed by atoms with Crippen molar-refractivity contribution < 1.29 is 32.3 Å². The van der Waals surface area contributed by atoms with Crippen LogP contribution >= 0.6 is 0 Å². The monoisotopic (exact) mass is 485 g/mol. The predicted octanol–water partition coefficient (Wildman–Crippen LogP) is 1.49. The Bertz CT molecular complexity index is 1250. The molecule has 0 aliphatic carbocycles. The van der Waals surface area contributed by atoms with Gasteiger partial charge in [0.1, 0.15) is 0 Å². The van der Waals surface area contributed by atoms with Gasteiger partial charge in [0.05, 0.1) is 21.9 Å². The zero-order valence-electron chi connectivity index (χ0n) is 18.4. The molecule has 11 heteroatoms. The number of hydrogen-bond acceptors (Lipinski definition) is 7. The van der Waals surface area contributed by atoms with Gasteiger partial charge in [0.15, 0.2) is 6.61 Å². The van der Waals surface area contributed by atoms with Crippen molar-refractivity contribution in [3.05, 3.63) is 59.7 Å². The minimum absolute atomic E-state index is 0.180. The van der Waals surface area contributed by atoms with Crippen molar-refractivity contribution >= 4 is 39.4 Å². The number of carbonyl (C=O) groups is 4. The molecule has 3 amide bonds. The number of benzene rings is 2. The fraction of sp³-hybridized carbons (Fsp3) is 0.304. The molecule has 4 rings (SSSR count). The Morgan fingerprint density at radius 1 is 1.00 bits per heavy atom. The topological polar surface area (TPSA) is 130 Å². The lowest BCUT2D eigenvalue weighted by Gasteiger charge is -2.30. The zero-order chi connectivity index (χ0) is 24.5. The molecule has 0 bridgehead atoms. The van der Waals surface area contributed by atoms with Crippen LogP contribution < -0.4 is 5.32 Å². The molecule has 0 atom stereocenters. The maximum atomic E-state index is 12.7. The number of hydrogen-bond donors (Lipinski definition) is 1. The van der Waals surface area contributed by atoms with Gasteiger partial charge in [-0.05, 0) is 43.2 Å². The highest BCUT2D eigenvalue weighted by Crippen LogP contribution is 2.26. The van der Waals surface area contributed by atoms with Gasteiger partial charge in [0.25, 0.3) is 17.7 Å². The van der Waals surface area contributed by atoms with Crippen molar-refractivity contribution in [2.24, 2.45) is 5.92 Å². The van der Waals surface area contributed by atoms with Gasteiger partial charge in [0, 0.05) is 25.8 Å². The van der Waals surface area contributed by atoms with Gasteiger partial charge in [-0.15, -0.1) is 0 Å². The molecule has 2 aliphatic heterocycles. The van der Waals surface area contributed by atoms with E-state index in [4.69, 9.17) is 4.74 Å². The summed E-state index contributed by atoms with van der Waals surface area (Å²) in [7, 11) is -2.24. The van der Waals surface area contributed by atoms with Crippen LogP contribution in [0.2, 0.25) is 0 Å². The van der Waals surface area contributed by atoms with E-state index in [0.29, 0.717) is 18.5 Å². The van der Waals surface area contributed by atoms with E-state index in [1.54, 1.807) is 18.2 Å². The molecular weight excluding hydrogens is 462 g/mol. The fourth-order valence-corrected chi connectivity index (χ4v) is 5.45. The number of anilines is 1. The molecule has 1 N–H and O–H groups in total. The first-order valence-corrected chi connectivity index (χ1v) is 12.1. The molecule has 2 aromatic carbocycles. The lowest BCUT2D eigenvalue weighted by molar-refractivity contribution is -0.152. The van der Waals surface area contributed by atoms with Crippen LogP contribution in [-0.4, -0.2) is 68.1 Å². The number of nitrogens with zero attached hydrogens (tertiary/aromatic N) is 2. The summed E-state index contributed by atoms with van der Waals surface area (Å²) in [6.45, 7) is -0.162. The molecule has 1 fully saturated rings. The van der Waals surface area contributed by atoms with Gasteiger partial charge in [-0.2, -0.15) is 4.31 Å². The minimum Gasteiger partial charge on any atom is -0.455 e. The predicted molar refractivity (Wildman–Crippen MR) is 120 cm³/mol. The summed E-state index contributed by atoms with van der Waals surface area (Å²) in [5.74, 6) is -2.53. The van der Waals surface area contributed by atoms with Crippen molar-refractivity contribution in [3.63, 3.8) is 0 Å². The van der Waals surface area contributed by atoms with E-state index < -0.39 is 46.2 Å². The second kappa shape index (κ2) is 9.35. The molecule has 0 unspecified atom stereocenters. The third-order valence-electron chi connectivity index (χ3n) is 5.89. The average Bonchev–Trinajstić information content (AvgIpc) is 3.06. The standard InChI is InChI=1S/C23H23N3O7S/c1-25-21(28)18-8-7-16(13-19(18)22(25)29)24-20(27)14-33-23(30)15-9-11-26(12-10-15)34(31,32)17-5-3-2-4-6-17/h2-8,13,15H,9-12,14H2,1H3,(H,24,27). The van der Waals surface area contributed by atoms with Gasteiger partial charge in [-0.3, -0.25) is 24.1 Å². The first kappa shape index (κ1) is 23.6. The van der Waals surface area contributed by atoms with E-state index >= 15 is 0 Å². The van der Waals surface area contributed by atoms with Crippen molar-refractivity contribution in [1.29, 1.82) is 0 Å². The third kappa shape index (κ3) is 4.57. The highest BCUT2D eigenvalue weighted by molar-refractivity contribution is 7.89. The Kier molecular flexibility index (Phi) is 6.49. The summed E-state index contributed by atoms with van der Waals surface area (Å²) < 4.78 is 31.9. The number of fused-ring (bicyclic) bond motifs is 1. The van der Waals surface area contributed by atoms with E-state index in [2.05, 4.69) is 5.32 Å². The van der Waals surface area contributed by atoms with Crippen molar-refractivity contribution in [2.75, 3.05) is 32.1 Å². The number of carbonyl (C=O) groups excluding carboxylic acids is 4. The van der Waals surface area contributed by atoms with E-state index in [1.165, 1.54) is 41.7 Å². The molecule has 0 saturated carbocycles. The second-order valence-corrected chi connectivity index (χ2v) is 10.0. The van der Waals surface area contributed by atoms with E-state index in [-0.39, 0.29) is 29.1 Å². The average molecular weight is 486 g/mol. The Balaban J connectivity index is 1.27. The maximum Gasteiger partial charge on any atom is 0.309 e. The molecule has 0 radical (unpaired) electrons. The third-order valence-corrected chi connectivity index (χ3v) is 7.80. The number of amides is 3. The number of imide groups is 1. The lowest BCUT2D eigenvalue weighted by atomic mass is 9.98. The molecule has 2 aromatic rings. The molecular formula is C23H23N3O7S. The van der Waals surface area contributed by atoms with Gasteiger partial charge in [-0.1, -0.05) is 18.2 Å². The van der Waals surface area contributed by atoms with Crippen molar-refractivity contribution in [3.8, 4) is 0 Å². The van der Waals surface area contributed by atoms with Crippen LogP contribution in [0.3, 0.4) is 0 Å². The van der Waals surface area contributed by atoms with Gasteiger partial charge >= 0.3 is 5.97 Å². The van der Waals surface area contributed by atoms with Gasteiger partial charge in [-0.25, -0.2) is 8.42 Å². The summed E-state index contributed by atoms with van der Waals surface area (Å²) in [6, 6.07) is 12.5. The second-order valence-electron chi connectivity index (χ2n) is 8.08. The Hall–Kier alpha value is -3.57. The van der Waals surface area contributed by atoms with Crippen LogP contribution in [0, 0.1) is 5.92 Å². The molecule has 1 saturated heterocycles. The van der Waals surface area contributed by atoms with E-state index in [1.807, 2.05) is 0 Å². The molecule has 0 aromatic heterocycles. The molecule has 34 heavy (non-hydrogen) atoms. The summed E-state index contributed by atoms with van der Waals surface area (Å²) in [6.07, 6.45) is 0.585. The number of sulfonamides is 1. The zero-order valence-corrected chi connectivity index (χ0v) is 19.2. The van der Waals surface area contributed by atoms with Crippen LogP contribution in [0.25, 0.3) is 0 Å². The minimum atomic E-state index is -3.62. The van der Waals surface area contributed by atoms with Gasteiger partial charge in [0.2, 0.25) is 10.0 Å². The van der Waals surface area contributed by atoms with E-state index in [9.17, 15) is 27.6 Å². The number of rotatable bonds is 6. The van der Waals surface area contributed by atoms with Crippen LogP contribution in [0.1, 0.15) is 33.6 Å². The lowest BCUT2D eigenvalue weighted by Crippen LogP contribution is -2.40. The normalized spacial score (nSPS) is 16.9.